The Balaban J connectivity index is 1.61. The summed E-state index contributed by atoms with van der Waals surface area (Å²) in [7, 11) is 0. The molecule has 0 spiro atoms. The molecule has 1 saturated heterocycles. The summed E-state index contributed by atoms with van der Waals surface area (Å²) in [5.74, 6) is 0.0353. The normalized spacial score (nSPS) is 19.7. The lowest BCUT2D eigenvalue weighted by Crippen LogP contribution is -2.39. The Morgan fingerprint density at radius 1 is 1.26 bits per heavy atom. The summed E-state index contributed by atoms with van der Waals surface area (Å²) in [5, 5.41) is 0. The van der Waals surface area contributed by atoms with Crippen LogP contribution in [0.2, 0.25) is 0 Å². The third-order valence-electron chi connectivity index (χ3n) is 4.71. The van der Waals surface area contributed by atoms with Gasteiger partial charge >= 0.3 is 6.01 Å². The predicted octanol–water partition coefficient (Wildman–Crippen LogP) is 1.75. The molecule has 0 atom stereocenters. The molecule has 0 saturated carbocycles. The first-order valence-electron chi connectivity index (χ1n) is 8.75. The van der Waals surface area contributed by atoms with Crippen LogP contribution >= 0.6 is 0 Å². The first-order chi connectivity index (χ1) is 11.2. The topological polar surface area (TPSA) is 58.6 Å². The van der Waals surface area contributed by atoms with Gasteiger partial charge in [0.15, 0.2) is 0 Å². The minimum absolute atomic E-state index is 0.0353. The van der Waals surface area contributed by atoms with Crippen LogP contribution in [-0.4, -0.2) is 64.5 Å². The lowest BCUT2D eigenvalue weighted by molar-refractivity contribution is 0.0742. The Labute approximate surface area is 137 Å². The number of carbonyl (C=O) groups is 1. The summed E-state index contributed by atoms with van der Waals surface area (Å²) in [5.41, 5.74) is 1.45. The molecule has 3 rings (SSSR count). The maximum atomic E-state index is 12.2. The van der Waals surface area contributed by atoms with E-state index in [1.54, 1.807) is 6.20 Å². The SMILES string of the molecule is CCCN1CCC(Oc2ncc3c(n2)CCN(CC)C3=O)CC1. The monoisotopic (exact) mass is 318 g/mol. The maximum Gasteiger partial charge on any atom is 0.316 e. The van der Waals surface area contributed by atoms with Crippen LogP contribution in [0.25, 0.3) is 0 Å². The number of amides is 1. The van der Waals surface area contributed by atoms with Crippen molar-refractivity contribution in [1.82, 2.24) is 19.8 Å². The van der Waals surface area contributed by atoms with Gasteiger partial charge in [-0.05, 0) is 32.7 Å². The van der Waals surface area contributed by atoms with Gasteiger partial charge in [-0.15, -0.1) is 0 Å². The molecule has 1 aromatic heterocycles. The second-order valence-electron chi connectivity index (χ2n) is 6.31. The molecule has 0 bridgehead atoms. The van der Waals surface area contributed by atoms with Crippen molar-refractivity contribution in [1.29, 1.82) is 0 Å². The van der Waals surface area contributed by atoms with Crippen molar-refractivity contribution < 1.29 is 9.53 Å². The summed E-state index contributed by atoms with van der Waals surface area (Å²) in [4.78, 5) is 25.3. The highest BCUT2D eigenvalue weighted by Crippen LogP contribution is 2.21. The van der Waals surface area contributed by atoms with Gasteiger partial charge in [0.25, 0.3) is 5.91 Å². The molecule has 1 aromatic rings. The fourth-order valence-electron chi connectivity index (χ4n) is 3.36. The molecule has 1 amide bonds. The van der Waals surface area contributed by atoms with E-state index in [2.05, 4.69) is 21.8 Å². The number of likely N-dealkylation sites (tertiary alicyclic amines) is 1. The zero-order valence-electron chi connectivity index (χ0n) is 14.1. The maximum absolute atomic E-state index is 12.2. The third-order valence-corrected chi connectivity index (χ3v) is 4.71. The van der Waals surface area contributed by atoms with Gasteiger partial charge in [0.1, 0.15) is 6.10 Å². The van der Waals surface area contributed by atoms with E-state index in [4.69, 9.17) is 4.74 Å². The zero-order chi connectivity index (χ0) is 16.2. The standard InChI is InChI=1S/C17H26N4O2/c1-3-8-20-9-5-13(6-10-20)23-17-18-12-14-15(19-17)7-11-21(4-2)16(14)22/h12-13H,3-11H2,1-2H3. The quantitative estimate of drug-likeness (QED) is 0.828. The number of nitrogens with zero attached hydrogens (tertiary/aromatic N) is 4. The van der Waals surface area contributed by atoms with E-state index in [1.165, 1.54) is 6.42 Å². The summed E-state index contributed by atoms with van der Waals surface area (Å²) in [6, 6.07) is 0.426. The number of fused-ring (bicyclic) bond motifs is 1. The molecule has 23 heavy (non-hydrogen) atoms. The largest absolute Gasteiger partial charge is 0.460 e. The summed E-state index contributed by atoms with van der Waals surface area (Å²) in [6.45, 7) is 8.98. The van der Waals surface area contributed by atoms with E-state index < -0.39 is 0 Å². The zero-order valence-corrected chi connectivity index (χ0v) is 14.1. The first kappa shape index (κ1) is 16.2. The molecule has 0 N–H and O–H groups in total. The molecule has 6 nitrogen and oxygen atoms in total. The average Bonchev–Trinajstić information content (AvgIpc) is 2.57. The number of rotatable bonds is 5. The molecule has 6 heteroatoms. The second-order valence-corrected chi connectivity index (χ2v) is 6.31. The first-order valence-corrected chi connectivity index (χ1v) is 8.75. The minimum atomic E-state index is 0.0353. The highest BCUT2D eigenvalue weighted by Gasteiger charge is 2.26. The van der Waals surface area contributed by atoms with E-state index in [9.17, 15) is 4.79 Å². The highest BCUT2D eigenvalue weighted by atomic mass is 16.5. The van der Waals surface area contributed by atoms with Gasteiger partial charge in [0.2, 0.25) is 0 Å². The molecule has 3 heterocycles. The van der Waals surface area contributed by atoms with Crippen LogP contribution < -0.4 is 4.74 Å². The molecule has 126 valence electrons. The highest BCUT2D eigenvalue weighted by molar-refractivity contribution is 5.95. The van der Waals surface area contributed by atoms with Crippen LogP contribution in [0.4, 0.5) is 0 Å². The number of hydrogen-bond acceptors (Lipinski definition) is 5. The summed E-state index contributed by atoms with van der Waals surface area (Å²) >= 11 is 0. The van der Waals surface area contributed by atoms with Crippen molar-refractivity contribution >= 4 is 5.91 Å². The van der Waals surface area contributed by atoms with E-state index in [-0.39, 0.29) is 12.0 Å². The van der Waals surface area contributed by atoms with Gasteiger partial charge in [-0.2, -0.15) is 4.98 Å². The van der Waals surface area contributed by atoms with Gasteiger partial charge in [-0.25, -0.2) is 4.98 Å². The fraction of sp³-hybridized carbons (Fsp3) is 0.706. The Morgan fingerprint density at radius 2 is 2.04 bits per heavy atom. The van der Waals surface area contributed by atoms with Crippen LogP contribution in [-0.2, 0) is 6.42 Å². The van der Waals surface area contributed by atoms with Crippen molar-refractivity contribution in [3.63, 3.8) is 0 Å². The molecule has 0 aliphatic carbocycles. The van der Waals surface area contributed by atoms with Crippen LogP contribution in [0, 0.1) is 0 Å². The molecule has 1 fully saturated rings. The second kappa shape index (κ2) is 7.25. The van der Waals surface area contributed by atoms with Crippen LogP contribution in [0.3, 0.4) is 0 Å². The fourth-order valence-corrected chi connectivity index (χ4v) is 3.36. The van der Waals surface area contributed by atoms with Crippen molar-refractivity contribution in [3.05, 3.63) is 17.5 Å². The summed E-state index contributed by atoms with van der Waals surface area (Å²) in [6.07, 6.45) is 5.83. The van der Waals surface area contributed by atoms with Crippen molar-refractivity contribution in [2.45, 2.75) is 45.6 Å². The molecular formula is C17H26N4O2. The minimum Gasteiger partial charge on any atom is -0.460 e. The number of aromatic nitrogens is 2. The lowest BCUT2D eigenvalue weighted by Gasteiger charge is -2.31. The Bertz CT molecular complexity index is 556. The van der Waals surface area contributed by atoms with E-state index in [0.29, 0.717) is 11.6 Å². The number of likely N-dealkylation sites (N-methyl/N-ethyl adjacent to an activating group) is 1. The molecular weight excluding hydrogens is 292 g/mol. The number of ether oxygens (including phenoxy) is 1. The third kappa shape index (κ3) is 3.63. The Morgan fingerprint density at radius 3 is 2.74 bits per heavy atom. The number of hydrogen-bond donors (Lipinski definition) is 0. The van der Waals surface area contributed by atoms with Crippen LogP contribution in [0.5, 0.6) is 6.01 Å². The number of piperidine rings is 1. The van der Waals surface area contributed by atoms with Gasteiger partial charge in [0.05, 0.1) is 11.3 Å². The van der Waals surface area contributed by atoms with Crippen LogP contribution in [0.15, 0.2) is 6.20 Å². The van der Waals surface area contributed by atoms with E-state index in [1.807, 2.05) is 11.8 Å². The van der Waals surface area contributed by atoms with E-state index >= 15 is 0 Å². The van der Waals surface area contributed by atoms with Crippen LogP contribution in [0.1, 0.15) is 49.2 Å². The average molecular weight is 318 g/mol. The van der Waals surface area contributed by atoms with Gasteiger partial charge < -0.3 is 14.5 Å². The summed E-state index contributed by atoms with van der Waals surface area (Å²) < 4.78 is 5.96. The van der Waals surface area contributed by atoms with Crippen molar-refractivity contribution in [3.8, 4) is 6.01 Å². The number of carbonyl (C=O) groups excluding carboxylic acids is 1. The predicted molar refractivity (Wildman–Crippen MR) is 87.7 cm³/mol. The molecule has 2 aliphatic heterocycles. The smallest absolute Gasteiger partial charge is 0.316 e. The van der Waals surface area contributed by atoms with Crippen molar-refractivity contribution in [2.75, 3.05) is 32.7 Å². The molecule has 0 aromatic carbocycles. The molecule has 2 aliphatic rings. The Hall–Kier alpha value is -1.69. The molecule has 0 radical (unpaired) electrons. The lowest BCUT2D eigenvalue weighted by atomic mass is 10.1. The van der Waals surface area contributed by atoms with Gasteiger partial charge in [-0.1, -0.05) is 6.92 Å². The molecule has 0 unspecified atom stereocenters. The Kier molecular flexibility index (Phi) is 5.10. The van der Waals surface area contributed by atoms with Gasteiger partial charge in [0, 0.05) is 38.8 Å². The van der Waals surface area contributed by atoms with Gasteiger partial charge in [-0.3, -0.25) is 4.79 Å². The van der Waals surface area contributed by atoms with E-state index in [0.717, 1.165) is 57.7 Å². The van der Waals surface area contributed by atoms with Crippen molar-refractivity contribution in [2.24, 2.45) is 0 Å².